The monoisotopic (exact) mass is 329 g/mol. The van der Waals surface area contributed by atoms with Crippen molar-refractivity contribution >= 4 is 27.6 Å². The topological polar surface area (TPSA) is 29.5 Å². The number of anilines is 1. The van der Waals surface area contributed by atoms with E-state index in [4.69, 9.17) is 4.74 Å². The highest BCUT2D eigenvalue weighted by Gasteiger charge is 2.26. The average molecular weight is 330 g/mol. The van der Waals surface area contributed by atoms with Gasteiger partial charge in [0.2, 0.25) is 0 Å². The number of esters is 1. The molecule has 0 spiro atoms. The number of carbonyl (C=O) groups excluding carboxylic acids is 1. The van der Waals surface area contributed by atoms with Gasteiger partial charge >= 0.3 is 5.97 Å². The summed E-state index contributed by atoms with van der Waals surface area (Å²) in [4.78, 5) is 13.6. The molecular weight excluding hydrogens is 313 g/mol. The molecule has 1 heterocycles. The fraction of sp³-hybridized carbons (Fsp3) is 0.500. The molecule has 5 heteroatoms. The minimum absolute atomic E-state index is 0.0466. The molecule has 2 rings (SSSR count). The molecule has 1 fully saturated rings. The molecule has 104 valence electrons. The number of benzene rings is 1. The largest absolute Gasteiger partial charge is 0.466 e. The van der Waals surface area contributed by atoms with Crippen LogP contribution in [0.2, 0.25) is 0 Å². The van der Waals surface area contributed by atoms with E-state index in [0.717, 1.165) is 4.47 Å². The summed E-state index contributed by atoms with van der Waals surface area (Å²) in [6, 6.07) is 5.06. The second kappa shape index (κ2) is 6.37. The fourth-order valence-electron chi connectivity index (χ4n) is 2.35. The van der Waals surface area contributed by atoms with Gasteiger partial charge in [-0.25, -0.2) is 4.39 Å². The molecule has 0 amide bonds. The summed E-state index contributed by atoms with van der Waals surface area (Å²) in [6.45, 7) is 3.59. The lowest BCUT2D eigenvalue weighted by atomic mass is 9.96. The Balaban J connectivity index is 1.98. The third-order valence-corrected chi connectivity index (χ3v) is 3.86. The van der Waals surface area contributed by atoms with Crippen LogP contribution in [0.4, 0.5) is 10.1 Å². The molecule has 1 saturated heterocycles. The Morgan fingerprint density at radius 1 is 1.47 bits per heavy atom. The van der Waals surface area contributed by atoms with Crippen molar-refractivity contribution in [2.75, 3.05) is 24.6 Å². The zero-order chi connectivity index (χ0) is 13.8. The Bertz CT molecular complexity index is 459. The zero-order valence-electron chi connectivity index (χ0n) is 10.9. The number of halogens is 2. The predicted octanol–water partition coefficient (Wildman–Crippen LogP) is 3.37. The van der Waals surface area contributed by atoms with Crippen LogP contribution < -0.4 is 4.90 Å². The van der Waals surface area contributed by atoms with Gasteiger partial charge in [-0.3, -0.25) is 4.79 Å². The van der Waals surface area contributed by atoms with E-state index in [1.807, 2.05) is 17.9 Å². The summed E-state index contributed by atoms with van der Waals surface area (Å²) in [5.41, 5.74) is 0.602. The lowest BCUT2D eigenvalue weighted by molar-refractivity contribution is -0.148. The van der Waals surface area contributed by atoms with Gasteiger partial charge < -0.3 is 9.64 Å². The number of ether oxygens (including phenoxy) is 1. The Morgan fingerprint density at radius 2 is 2.16 bits per heavy atom. The first-order chi connectivity index (χ1) is 9.11. The minimum atomic E-state index is -0.232. The summed E-state index contributed by atoms with van der Waals surface area (Å²) in [7, 11) is 0. The molecule has 1 aromatic carbocycles. The fourth-order valence-corrected chi connectivity index (χ4v) is 2.69. The number of nitrogens with zero attached hydrogens (tertiary/aromatic N) is 1. The van der Waals surface area contributed by atoms with Crippen LogP contribution in [0.1, 0.15) is 19.8 Å². The molecule has 0 aliphatic carbocycles. The van der Waals surface area contributed by atoms with Gasteiger partial charge in [0, 0.05) is 17.6 Å². The molecule has 1 aliphatic rings. The van der Waals surface area contributed by atoms with Crippen LogP contribution in [0.5, 0.6) is 0 Å². The number of rotatable bonds is 3. The van der Waals surface area contributed by atoms with Crippen molar-refractivity contribution in [1.29, 1.82) is 0 Å². The highest BCUT2D eigenvalue weighted by atomic mass is 79.9. The van der Waals surface area contributed by atoms with Crippen molar-refractivity contribution < 1.29 is 13.9 Å². The van der Waals surface area contributed by atoms with Crippen LogP contribution in [0.3, 0.4) is 0 Å². The third-order valence-electron chi connectivity index (χ3n) is 3.37. The first-order valence-corrected chi connectivity index (χ1v) is 7.27. The highest BCUT2D eigenvalue weighted by molar-refractivity contribution is 9.10. The molecule has 0 radical (unpaired) electrons. The van der Waals surface area contributed by atoms with E-state index in [1.54, 1.807) is 6.07 Å². The van der Waals surface area contributed by atoms with E-state index in [1.165, 1.54) is 6.07 Å². The van der Waals surface area contributed by atoms with E-state index in [-0.39, 0.29) is 17.7 Å². The number of hydrogen-bond acceptors (Lipinski definition) is 3. The van der Waals surface area contributed by atoms with Gasteiger partial charge in [0.25, 0.3) is 0 Å². The Hall–Kier alpha value is -1.10. The quantitative estimate of drug-likeness (QED) is 0.796. The second-order valence-corrected chi connectivity index (χ2v) is 5.52. The van der Waals surface area contributed by atoms with E-state index in [2.05, 4.69) is 15.9 Å². The summed E-state index contributed by atoms with van der Waals surface area (Å²) < 4.78 is 19.6. The Morgan fingerprint density at radius 3 is 2.74 bits per heavy atom. The van der Waals surface area contributed by atoms with Crippen molar-refractivity contribution in [2.24, 2.45) is 5.92 Å². The summed E-state index contributed by atoms with van der Waals surface area (Å²) >= 11 is 3.25. The first kappa shape index (κ1) is 14.3. The molecule has 0 atom stereocenters. The zero-order valence-corrected chi connectivity index (χ0v) is 12.5. The second-order valence-electron chi connectivity index (χ2n) is 4.61. The molecule has 0 saturated carbocycles. The highest BCUT2D eigenvalue weighted by Crippen LogP contribution is 2.28. The van der Waals surface area contributed by atoms with Crippen molar-refractivity contribution in [3.8, 4) is 0 Å². The first-order valence-electron chi connectivity index (χ1n) is 6.48. The average Bonchev–Trinajstić information content (AvgIpc) is 2.39. The van der Waals surface area contributed by atoms with E-state index < -0.39 is 0 Å². The Kier molecular flexibility index (Phi) is 4.80. The molecule has 0 N–H and O–H groups in total. The number of piperidine rings is 1. The molecule has 1 aliphatic heterocycles. The maximum absolute atomic E-state index is 13.8. The molecule has 0 aromatic heterocycles. The predicted molar refractivity (Wildman–Crippen MR) is 75.7 cm³/mol. The van der Waals surface area contributed by atoms with Gasteiger partial charge in [0.1, 0.15) is 5.82 Å². The van der Waals surface area contributed by atoms with Gasteiger partial charge in [-0.2, -0.15) is 0 Å². The molecule has 19 heavy (non-hydrogen) atoms. The van der Waals surface area contributed by atoms with Crippen LogP contribution >= 0.6 is 15.9 Å². The van der Waals surface area contributed by atoms with Crippen LogP contribution in [0.25, 0.3) is 0 Å². The maximum atomic E-state index is 13.8. The van der Waals surface area contributed by atoms with Crippen LogP contribution in [-0.4, -0.2) is 25.7 Å². The molecule has 0 bridgehead atoms. The summed E-state index contributed by atoms with van der Waals surface area (Å²) in [5, 5.41) is 0. The molecule has 3 nitrogen and oxygen atoms in total. The van der Waals surface area contributed by atoms with Gasteiger partial charge in [-0.05, 0) is 38.0 Å². The van der Waals surface area contributed by atoms with Gasteiger partial charge in [0.15, 0.2) is 0 Å². The van der Waals surface area contributed by atoms with Crippen molar-refractivity contribution in [3.05, 3.63) is 28.5 Å². The summed E-state index contributed by atoms with van der Waals surface area (Å²) in [5.74, 6) is -0.405. The van der Waals surface area contributed by atoms with Gasteiger partial charge in [0.05, 0.1) is 18.2 Å². The van der Waals surface area contributed by atoms with Crippen LogP contribution in [0, 0.1) is 11.7 Å². The Labute approximate surface area is 120 Å². The SMILES string of the molecule is CCOC(=O)C1CCN(c2ccc(Br)cc2F)CC1. The number of carbonyl (C=O) groups is 1. The van der Waals surface area contributed by atoms with Crippen molar-refractivity contribution in [3.63, 3.8) is 0 Å². The summed E-state index contributed by atoms with van der Waals surface area (Å²) in [6.07, 6.45) is 1.43. The maximum Gasteiger partial charge on any atom is 0.309 e. The van der Waals surface area contributed by atoms with E-state index in [0.29, 0.717) is 38.2 Å². The number of hydrogen-bond donors (Lipinski definition) is 0. The normalized spacial score (nSPS) is 16.5. The molecule has 1 aromatic rings. The van der Waals surface area contributed by atoms with Crippen LogP contribution in [0.15, 0.2) is 22.7 Å². The lowest BCUT2D eigenvalue weighted by Crippen LogP contribution is -2.37. The van der Waals surface area contributed by atoms with E-state index >= 15 is 0 Å². The molecule has 0 unspecified atom stereocenters. The van der Waals surface area contributed by atoms with Gasteiger partial charge in [-0.1, -0.05) is 15.9 Å². The molecular formula is C14H17BrFNO2. The minimum Gasteiger partial charge on any atom is -0.466 e. The van der Waals surface area contributed by atoms with Gasteiger partial charge in [-0.15, -0.1) is 0 Å². The van der Waals surface area contributed by atoms with Crippen molar-refractivity contribution in [2.45, 2.75) is 19.8 Å². The standard InChI is InChI=1S/C14H17BrFNO2/c1-2-19-14(18)10-5-7-17(8-6-10)13-4-3-11(15)9-12(13)16/h3-4,9-10H,2,5-8H2,1H3. The smallest absolute Gasteiger partial charge is 0.309 e. The lowest BCUT2D eigenvalue weighted by Gasteiger charge is -2.32. The third kappa shape index (κ3) is 3.47. The van der Waals surface area contributed by atoms with E-state index in [9.17, 15) is 9.18 Å². The van der Waals surface area contributed by atoms with Crippen LogP contribution in [-0.2, 0) is 9.53 Å². The van der Waals surface area contributed by atoms with Crippen molar-refractivity contribution in [1.82, 2.24) is 0 Å².